The van der Waals surface area contributed by atoms with Gasteiger partial charge in [-0.15, -0.1) is 0 Å². The number of aliphatic imine (C=N–C) groups is 1. The summed E-state index contributed by atoms with van der Waals surface area (Å²) in [6.45, 7) is 5.45. The lowest BCUT2D eigenvalue weighted by atomic mass is 10.2. The number of methoxy groups -OCH3 is 2. The van der Waals surface area contributed by atoms with Crippen molar-refractivity contribution in [2.24, 2.45) is 10.7 Å². The Balaban J connectivity index is 1.56. The van der Waals surface area contributed by atoms with Gasteiger partial charge >= 0.3 is 0 Å². The SMILES string of the molecule is COc1ccc(N2CCN(CC3COC(N)=N3)CC2)cc1OC. The van der Waals surface area contributed by atoms with Gasteiger partial charge in [0.05, 0.1) is 14.2 Å². The Bertz CT molecular complexity index is 570. The van der Waals surface area contributed by atoms with Crippen molar-refractivity contribution in [3.63, 3.8) is 0 Å². The molecule has 1 atom stereocenters. The second-order valence-corrected chi connectivity index (χ2v) is 5.76. The summed E-state index contributed by atoms with van der Waals surface area (Å²) in [6.07, 6.45) is 0. The summed E-state index contributed by atoms with van der Waals surface area (Å²) in [5, 5.41) is 0. The van der Waals surface area contributed by atoms with Crippen LogP contribution in [0, 0.1) is 0 Å². The summed E-state index contributed by atoms with van der Waals surface area (Å²) in [6, 6.07) is 6.55. The van der Waals surface area contributed by atoms with Crippen LogP contribution in [0.15, 0.2) is 23.2 Å². The van der Waals surface area contributed by atoms with Crippen LogP contribution in [0.3, 0.4) is 0 Å². The quantitative estimate of drug-likeness (QED) is 0.854. The molecule has 0 spiro atoms. The molecule has 1 unspecified atom stereocenters. The summed E-state index contributed by atoms with van der Waals surface area (Å²) in [5.41, 5.74) is 6.72. The Hall–Kier alpha value is -2.15. The van der Waals surface area contributed by atoms with Gasteiger partial charge in [-0.1, -0.05) is 0 Å². The minimum Gasteiger partial charge on any atom is -0.493 e. The maximum absolute atomic E-state index is 5.56. The molecule has 2 N–H and O–H groups in total. The van der Waals surface area contributed by atoms with Crippen LogP contribution in [0.4, 0.5) is 5.69 Å². The topological polar surface area (TPSA) is 72.5 Å². The van der Waals surface area contributed by atoms with Crippen molar-refractivity contribution in [1.29, 1.82) is 0 Å². The molecule has 1 aromatic rings. The van der Waals surface area contributed by atoms with E-state index < -0.39 is 0 Å². The van der Waals surface area contributed by atoms with E-state index in [0.29, 0.717) is 12.6 Å². The second kappa shape index (κ2) is 6.95. The summed E-state index contributed by atoms with van der Waals surface area (Å²) < 4.78 is 15.9. The van der Waals surface area contributed by atoms with Gasteiger partial charge in [0.1, 0.15) is 12.6 Å². The van der Waals surface area contributed by atoms with Crippen molar-refractivity contribution in [3.05, 3.63) is 18.2 Å². The number of benzene rings is 1. The predicted octanol–water partition coefficient (Wildman–Crippen LogP) is 0.539. The van der Waals surface area contributed by atoms with E-state index in [4.69, 9.17) is 19.9 Å². The van der Waals surface area contributed by atoms with Crippen LogP contribution in [-0.2, 0) is 4.74 Å². The molecule has 0 aliphatic carbocycles. The summed E-state index contributed by atoms with van der Waals surface area (Å²) in [4.78, 5) is 9.06. The highest BCUT2D eigenvalue weighted by molar-refractivity contribution is 5.73. The molecule has 23 heavy (non-hydrogen) atoms. The molecule has 126 valence electrons. The third-order valence-electron chi connectivity index (χ3n) is 4.31. The van der Waals surface area contributed by atoms with Crippen LogP contribution < -0.4 is 20.1 Å². The number of hydrogen-bond acceptors (Lipinski definition) is 7. The highest BCUT2D eigenvalue weighted by Gasteiger charge is 2.23. The van der Waals surface area contributed by atoms with Gasteiger partial charge in [-0.05, 0) is 12.1 Å². The van der Waals surface area contributed by atoms with E-state index in [1.165, 1.54) is 0 Å². The normalized spacial score (nSPS) is 21.7. The van der Waals surface area contributed by atoms with Gasteiger partial charge < -0.3 is 24.8 Å². The molecule has 0 saturated carbocycles. The molecule has 3 rings (SSSR count). The van der Waals surface area contributed by atoms with Gasteiger partial charge in [0, 0.05) is 44.5 Å². The van der Waals surface area contributed by atoms with E-state index >= 15 is 0 Å². The Morgan fingerprint density at radius 1 is 1.17 bits per heavy atom. The van der Waals surface area contributed by atoms with Crippen LogP contribution in [0.1, 0.15) is 0 Å². The zero-order valence-corrected chi connectivity index (χ0v) is 13.7. The van der Waals surface area contributed by atoms with Crippen molar-refractivity contribution in [3.8, 4) is 11.5 Å². The first-order valence-electron chi connectivity index (χ1n) is 7.85. The predicted molar refractivity (Wildman–Crippen MR) is 89.6 cm³/mol. The maximum atomic E-state index is 5.56. The maximum Gasteiger partial charge on any atom is 0.282 e. The first-order chi connectivity index (χ1) is 11.2. The van der Waals surface area contributed by atoms with Gasteiger partial charge in [-0.3, -0.25) is 4.90 Å². The largest absolute Gasteiger partial charge is 0.493 e. The molecule has 0 radical (unpaired) electrons. The number of hydrogen-bond donors (Lipinski definition) is 1. The molecule has 0 amide bonds. The highest BCUT2D eigenvalue weighted by Crippen LogP contribution is 2.31. The number of nitrogens with zero attached hydrogens (tertiary/aromatic N) is 3. The molecule has 0 bridgehead atoms. The van der Waals surface area contributed by atoms with Gasteiger partial charge in [0.25, 0.3) is 6.02 Å². The zero-order chi connectivity index (χ0) is 16.2. The van der Waals surface area contributed by atoms with Crippen LogP contribution in [0.25, 0.3) is 0 Å². The van der Waals surface area contributed by atoms with E-state index in [2.05, 4.69) is 20.9 Å². The van der Waals surface area contributed by atoms with Crippen molar-refractivity contribution in [1.82, 2.24) is 4.90 Å². The van der Waals surface area contributed by atoms with Crippen molar-refractivity contribution in [2.75, 3.05) is 58.5 Å². The van der Waals surface area contributed by atoms with Crippen LogP contribution >= 0.6 is 0 Å². The van der Waals surface area contributed by atoms with E-state index in [1.807, 2.05) is 12.1 Å². The first kappa shape index (κ1) is 15.7. The lowest BCUT2D eigenvalue weighted by Crippen LogP contribution is -2.48. The standard InChI is InChI=1S/C16H24N4O3/c1-21-14-4-3-13(9-15(14)22-2)20-7-5-19(6-8-20)10-12-11-23-16(17)18-12/h3-4,9,12H,5-8,10-11H2,1-2H3,(H2,17,18). The fourth-order valence-corrected chi connectivity index (χ4v) is 3.04. The highest BCUT2D eigenvalue weighted by atomic mass is 16.5. The number of anilines is 1. The number of piperazine rings is 1. The Labute approximate surface area is 136 Å². The molecule has 2 aliphatic rings. The van der Waals surface area contributed by atoms with Gasteiger partial charge in [0.2, 0.25) is 0 Å². The van der Waals surface area contributed by atoms with E-state index in [9.17, 15) is 0 Å². The van der Waals surface area contributed by atoms with Crippen molar-refractivity contribution < 1.29 is 14.2 Å². The van der Waals surface area contributed by atoms with E-state index in [1.54, 1.807) is 14.2 Å². The third-order valence-corrected chi connectivity index (χ3v) is 4.31. The number of amidine groups is 1. The van der Waals surface area contributed by atoms with Crippen molar-refractivity contribution >= 4 is 11.7 Å². The molecule has 7 heteroatoms. The average molecular weight is 320 g/mol. The smallest absolute Gasteiger partial charge is 0.282 e. The number of rotatable bonds is 5. The monoisotopic (exact) mass is 320 g/mol. The Kier molecular flexibility index (Phi) is 4.76. The molecular weight excluding hydrogens is 296 g/mol. The van der Waals surface area contributed by atoms with Gasteiger partial charge in [0.15, 0.2) is 11.5 Å². The Morgan fingerprint density at radius 3 is 2.52 bits per heavy atom. The molecule has 0 aromatic heterocycles. The van der Waals surface area contributed by atoms with Crippen molar-refractivity contribution in [2.45, 2.75) is 6.04 Å². The molecule has 7 nitrogen and oxygen atoms in total. The molecular formula is C16H24N4O3. The second-order valence-electron chi connectivity index (χ2n) is 5.76. The van der Waals surface area contributed by atoms with Crippen LogP contribution in [0.5, 0.6) is 11.5 Å². The minimum absolute atomic E-state index is 0.169. The van der Waals surface area contributed by atoms with Crippen LogP contribution in [-0.4, -0.2) is 70.5 Å². The molecule has 1 saturated heterocycles. The van der Waals surface area contributed by atoms with E-state index in [0.717, 1.165) is 49.9 Å². The lowest BCUT2D eigenvalue weighted by Gasteiger charge is -2.36. The van der Waals surface area contributed by atoms with Gasteiger partial charge in [-0.2, -0.15) is 0 Å². The average Bonchev–Trinajstić information content (AvgIpc) is 3.00. The lowest BCUT2D eigenvalue weighted by molar-refractivity contribution is 0.219. The van der Waals surface area contributed by atoms with Crippen LogP contribution in [0.2, 0.25) is 0 Å². The first-order valence-corrected chi connectivity index (χ1v) is 7.85. The molecule has 1 aromatic carbocycles. The third kappa shape index (κ3) is 3.61. The molecule has 2 heterocycles. The number of ether oxygens (including phenoxy) is 3. The molecule has 2 aliphatic heterocycles. The summed E-state index contributed by atoms with van der Waals surface area (Å²) in [5.74, 6) is 1.52. The minimum atomic E-state index is 0.169. The fraction of sp³-hybridized carbons (Fsp3) is 0.562. The summed E-state index contributed by atoms with van der Waals surface area (Å²) in [7, 11) is 3.31. The Morgan fingerprint density at radius 2 is 1.91 bits per heavy atom. The fourth-order valence-electron chi connectivity index (χ4n) is 3.04. The molecule has 1 fully saturated rings. The van der Waals surface area contributed by atoms with Gasteiger partial charge in [-0.25, -0.2) is 4.99 Å². The van der Waals surface area contributed by atoms with E-state index in [-0.39, 0.29) is 6.04 Å². The zero-order valence-electron chi connectivity index (χ0n) is 13.7. The summed E-state index contributed by atoms with van der Waals surface area (Å²) >= 11 is 0. The number of nitrogens with two attached hydrogens (primary N) is 1.